The van der Waals surface area contributed by atoms with Crippen LogP contribution < -0.4 is 20.1 Å². The quantitative estimate of drug-likeness (QED) is 0.269. The standard InChI is InChI=1S/C21H27N3O2S.HI/c1-15-5-7-17(20(11-15)27-3)14-24-21(22-2)23-13-16-6-8-18-19(12-16)26-10-4-9-25-18;/h5-8,11-12H,4,9-10,13-14H2,1-3H3,(H2,22,23,24);1H. The summed E-state index contributed by atoms with van der Waals surface area (Å²) in [6, 6.07) is 12.6. The predicted molar refractivity (Wildman–Crippen MR) is 127 cm³/mol. The van der Waals surface area contributed by atoms with Crippen molar-refractivity contribution in [2.75, 3.05) is 26.5 Å². The third-order valence-electron chi connectivity index (χ3n) is 4.38. The molecule has 0 amide bonds. The van der Waals surface area contributed by atoms with E-state index < -0.39 is 0 Å². The number of rotatable bonds is 5. The van der Waals surface area contributed by atoms with Crippen molar-refractivity contribution in [1.29, 1.82) is 0 Å². The van der Waals surface area contributed by atoms with Crippen LogP contribution in [-0.2, 0) is 13.1 Å². The van der Waals surface area contributed by atoms with Crippen molar-refractivity contribution in [3.05, 3.63) is 53.1 Å². The highest BCUT2D eigenvalue weighted by Gasteiger charge is 2.11. The molecule has 0 saturated carbocycles. The van der Waals surface area contributed by atoms with E-state index in [4.69, 9.17) is 9.47 Å². The predicted octanol–water partition coefficient (Wildman–Crippen LogP) is 4.36. The second kappa shape index (κ2) is 11.4. The fourth-order valence-electron chi connectivity index (χ4n) is 2.90. The number of fused-ring (bicyclic) bond motifs is 1. The van der Waals surface area contributed by atoms with E-state index in [1.807, 2.05) is 12.1 Å². The number of halogens is 1. The van der Waals surface area contributed by atoms with Gasteiger partial charge in [-0.15, -0.1) is 35.7 Å². The fourth-order valence-corrected chi connectivity index (χ4v) is 3.61. The highest BCUT2D eigenvalue weighted by molar-refractivity contribution is 14.0. The summed E-state index contributed by atoms with van der Waals surface area (Å²) in [5.41, 5.74) is 3.67. The number of nitrogens with zero attached hydrogens (tertiary/aromatic N) is 1. The zero-order valence-corrected chi connectivity index (χ0v) is 19.7. The molecule has 0 fully saturated rings. The molecule has 0 aliphatic carbocycles. The molecule has 0 aromatic heterocycles. The van der Waals surface area contributed by atoms with E-state index >= 15 is 0 Å². The van der Waals surface area contributed by atoms with E-state index in [2.05, 4.69) is 53.1 Å². The van der Waals surface area contributed by atoms with Crippen molar-refractivity contribution in [2.45, 2.75) is 31.3 Å². The van der Waals surface area contributed by atoms with Gasteiger partial charge in [0.1, 0.15) is 0 Å². The van der Waals surface area contributed by atoms with E-state index in [0.717, 1.165) is 36.0 Å². The zero-order chi connectivity index (χ0) is 19.1. The second-order valence-corrected chi connectivity index (χ2v) is 7.27. The Hall–Kier alpha value is -1.61. The van der Waals surface area contributed by atoms with Crippen LogP contribution in [0.5, 0.6) is 11.5 Å². The van der Waals surface area contributed by atoms with Crippen molar-refractivity contribution < 1.29 is 9.47 Å². The van der Waals surface area contributed by atoms with Crippen molar-refractivity contribution in [2.24, 2.45) is 4.99 Å². The minimum Gasteiger partial charge on any atom is -0.490 e. The van der Waals surface area contributed by atoms with Crippen LogP contribution in [0.15, 0.2) is 46.3 Å². The van der Waals surface area contributed by atoms with Crippen molar-refractivity contribution >= 4 is 41.7 Å². The van der Waals surface area contributed by atoms with Gasteiger partial charge in [0, 0.05) is 31.5 Å². The minimum atomic E-state index is 0. The summed E-state index contributed by atoms with van der Waals surface area (Å²) in [6.45, 7) is 4.92. The van der Waals surface area contributed by atoms with E-state index in [9.17, 15) is 0 Å². The molecule has 3 rings (SSSR count). The first kappa shape index (κ1) is 22.7. The average molecular weight is 513 g/mol. The number of thioether (sulfide) groups is 1. The number of hydrogen-bond acceptors (Lipinski definition) is 4. The summed E-state index contributed by atoms with van der Waals surface area (Å²) in [4.78, 5) is 5.62. The monoisotopic (exact) mass is 513 g/mol. The Balaban J connectivity index is 0.00000280. The van der Waals surface area contributed by atoms with Gasteiger partial charge in [0.25, 0.3) is 0 Å². The maximum atomic E-state index is 5.76. The molecule has 2 N–H and O–H groups in total. The van der Waals surface area contributed by atoms with Gasteiger partial charge in [-0.2, -0.15) is 0 Å². The molecule has 1 heterocycles. The number of ether oxygens (including phenoxy) is 2. The first-order chi connectivity index (χ1) is 13.2. The number of nitrogens with one attached hydrogen (secondary N) is 2. The molecule has 7 heteroatoms. The molecule has 152 valence electrons. The van der Waals surface area contributed by atoms with Crippen LogP contribution in [0.25, 0.3) is 0 Å². The van der Waals surface area contributed by atoms with E-state index in [-0.39, 0.29) is 24.0 Å². The Morgan fingerprint density at radius 1 is 1.04 bits per heavy atom. The second-order valence-electron chi connectivity index (χ2n) is 6.43. The third kappa shape index (κ3) is 6.20. The zero-order valence-electron chi connectivity index (χ0n) is 16.6. The van der Waals surface area contributed by atoms with Crippen molar-refractivity contribution in [1.82, 2.24) is 10.6 Å². The lowest BCUT2D eigenvalue weighted by Gasteiger charge is -2.15. The molecule has 0 radical (unpaired) electrons. The number of aliphatic imine (C=N–C) groups is 1. The third-order valence-corrected chi connectivity index (χ3v) is 5.20. The Morgan fingerprint density at radius 3 is 2.54 bits per heavy atom. The molecule has 2 aromatic rings. The molecule has 0 spiro atoms. The van der Waals surface area contributed by atoms with Crippen LogP contribution in [0.4, 0.5) is 0 Å². The van der Waals surface area contributed by atoms with E-state index in [1.54, 1.807) is 18.8 Å². The van der Waals surface area contributed by atoms with Gasteiger partial charge in [0.05, 0.1) is 13.2 Å². The van der Waals surface area contributed by atoms with Crippen LogP contribution in [0, 0.1) is 6.92 Å². The summed E-state index contributed by atoms with van der Waals surface area (Å²) in [5, 5.41) is 6.76. The molecular weight excluding hydrogens is 485 g/mol. The van der Waals surface area contributed by atoms with Crippen LogP contribution in [0.1, 0.15) is 23.1 Å². The maximum Gasteiger partial charge on any atom is 0.191 e. The van der Waals surface area contributed by atoms with Gasteiger partial charge in [-0.25, -0.2) is 0 Å². The van der Waals surface area contributed by atoms with Crippen molar-refractivity contribution in [3.8, 4) is 11.5 Å². The summed E-state index contributed by atoms with van der Waals surface area (Å²) >= 11 is 1.77. The molecule has 0 bridgehead atoms. The Morgan fingerprint density at radius 2 is 1.79 bits per heavy atom. The van der Waals surface area contributed by atoms with Gasteiger partial charge < -0.3 is 20.1 Å². The highest BCUT2D eigenvalue weighted by atomic mass is 127. The molecule has 0 unspecified atom stereocenters. The SMILES string of the molecule is CN=C(NCc1ccc2c(c1)OCCCO2)NCc1ccc(C)cc1SC.I. The number of benzene rings is 2. The Kier molecular flexibility index (Phi) is 9.24. The van der Waals surface area contributed by atoms with E-state index in [1.165, 1.54) is 16.0 Å². The number of hydrogen-bond donors (Lipinski definition) is 2. The van der Waals surface area contributed by atoms with Gasteiger partial charge >= 0.3 is 0 Å². The largest absolute Gasteiger partial charge is 0.490 e. The van der Waals surface area contributed by atoms with Gasteiger partial charge in [-0.05, 0) is 48.1 Å². The lowest BCUT2D eigenvalue weighted by atomic mass is 10.1. The first-order valence-corrected chi connectivity index (χ1v) is 10.4. The average Bonchev–Trinajstić information content (AvgIpc) is 2.93. The molecule has 2 aromatic carbocycles. The summed E-state index contributed by atoms with van der Waals surface area (Å²) in [6.07, 6.45) is 3.02. The molecule has 1 aliphatic heterocycles. The van der Waals surface area contributed by atoms with Crippen molar-refractivity contribution in [3.63, 3.8) is 0 Å². The summed E-state index contributed by atoms with van der Waals surface area (Å²) < 4.78 is 11.4. The minimum absolute atomic E-state index is 0. The summed E-state index contributed by atoms with van der Waals surface area (Å²) in [5.74, 6) is 2.41. The van der Waals surface area contributed by atoms with Gasteiger partial charge in [0.15, 0.2) is 17.5 Å². The molecule has 0 atom stereocenters. The molecule has 28 heavy (non-hydrogen) atoms. The summed E-state index contributed by atoms with van der Waals surface area (Å²) in [7, 11) is 1.79. The Bertz CT molecular complexity index is 814. The van der Waals surface area contributed by atoms with Crippen LogP contribution in [0.2, 0.25) is 0 Å². The molecule has 0 saturated heterocycles. The molecular formula is C21H28IN3O2S. The van der Waals surface area contributed by atoms with Crippen LogP contribution >= 0.6 is 35.7 Å². The lowest BCUT2D eigenvalue weighted by molar-refractivity contribution is 0.297. The van der Waals surface area contributed by atoms with Gasteiger partial charge in [-0.1, -0.05) is 18.2 Å². The number of aryl methyl sites for hydroxylation is 1. The first-order valence-electron chi connectivity index (χ1n) is 9.16. The molecule has 5 nitrogen and oxygen atoms in total. The smallest absolute Gasteiger partial charge is 0.191 e. The van der Waals surface area contributed by atoms with E-state index in [0.29, 0.717) is 19.8 Å². The molecule has 1 aliphatic rings. The lowest BCUT2D eigenvalue weighted by Crippen LogP contribution is -2.36. The normalized spacial score (nSPS) is 13.3. The number of guanidine groups is 1. The Labute approximate surface area is 188 Å². The topological polar surface area (TPSA) is 54.9 Å². The van der Waals surface area contributed by atoms with Gasteiger partial charge in [-0.3, -0.25) is 4.99 Å². The fraction of sp³-hybridized carbons (Fsp3) is 0.381. The van der Waals surface area contributed by atoms with Gasteiger partial charge in [0.2, 0.25) is 0 Å². The van der Waals surface area contributed by atoms with Crippen LogP contribution in [-0.4, -0.2) is 32.5 Å². The maximum absolute atomic E-state index is 5.76. The van der Waals surface area contributed by atoms with Crippen LogP contribution in [0.3, 0.4) is 0 Å². The highest BCUT2D eigenvalue weighted by Crippen LogP contribution is 2.30.